The van der Waals surface area contributed by atoms with Crippen molar-refractivity contribution < 1.29 is 14.3 Å². The van der Waals surface area contributed by atoms with Gasteiger partial charge in [-0.3, -0.25) is 4.79 Å². The van der Waals surface area contributed by atoms with Gasteiger partial charge in [0.15, 0.2) is 5.01 Å². The second kappa shape index (κ2) is 6.97. The maximum absolute atomic E-state index is 12.4. The molecular weight excluding hydrogens is 352 g/mol. The van der Waals surface area contributed by atoms with E-state index in [0.717, 1.165) is 23.3 Å². The summed E-state index contributed by atoms with van der Waals surface area (Å²) in [6.07, 6.45) is 2.44. The highest BCUT2D eigenvalue weighted by atomic mass is 32.1. The van der Waals surface area contributed by atoms with E-state index in [2.05, 4.69) is 20.5 Å². The highest BCUT2D eigenvalue weighted by Gasteiger charge is 2.35. The number of carbonyl (C=O) groups is 1. The van der Waals surface area contributed by atoms with Gasteiger partial charge in [-0.2, -0.15) is 0 Å². The van der Waals surface area contributed by atoms with Gasteiger partial charge in [0.1, 0.15) is 6.10 Å². The van der Waals surface area contributed by atoms with Crippen molar-refractivity contribution in [1.29, 1.82) is 0 Å². The monoisotopic (exact) mass is 370 g/mol. The minimum absolute atomic E-state index is 0.0680. The molecule has 2 N–H and O–H groups in total. The fourth-order valence-electron chi connectivity index (χ4n) is 2.88. The predicted molar refractivity (Wildman–Crippen MR) is 95.7 cm³/mol. The Balaban J connectivity index is 1.33. The lowest BCUT2D eigenvalue weighted by molar-refractivity contribution is 0.0901. The normalized spacial score (nSPS) is 20.4. The van der Waals surface area contributed by atoms with Gasteiger partial charge in [0.25, 0.3) is 5.91 Å². The maximum atomic E-state index is 12.4. The summed E-state index contributed by atoms with van der Waals surface area (Å²) in [6.45, 7) is 1.58. The van der Waals surface area contributed by atoms with Crippen LogP contribution in [0.3, 0.4) is 0 Å². The molecule has 0 spiro atoms. The first-order valence-corrected chi connectivity index (χ1v) is 9.25. The molecule has 1 amide bonds. The van der Waals surface area contributed by atoms with E-state index in [0.29, 0.717) is 10.9 Å². The number of benzene rings is 1. The van der Waals surface area contributed by atoms with Crippen LogP contribution in [0.2, 0.25) is 0 Å². The first kappa shape index (κ1) is 16.9. The SMILES string of the molecule is C[C@@H](O)c1nnc([C@H]2C[C@H](NC(=O)c3ncc(-c4ccccc4)s3)C2)o1. The molecule has 3 aromatic rings. The summed E-state index contributed by atoms with van der Waals surface area (Å²) in [6, 6.07) is 9.94. The van der Waals surface area contributed by atoms with Gasteiger partial charge in [0, 0.05) is 18.2 Å². The fourth-order valence-corrected chi connectivity index (χ4v) is 3.70. The van der Waals surface area contributed by atoms with Crippen molar-refractivity contribution in [2.75, 3.05) is 0 Å². The van der Waals surface area contributed by atoms with Gasteiger partial charge in [-0.05, 0) is 25.3 Å². The van der Waals surface area contributed by atoms with Crippen LogP contribution in [0.15, 0.2) is 40.9 Å². The lowest BCUT2D eigenvalue weighted by atomic mass is 9.80. The largest absolute Gasteiger partial charge is 0.422 e. The number of amides is 1. The Morgan fingerprint density at radius 1 is 1.31 bits per heavy atom. The zero-order valence-corrected chi connectivity index (χ0v) is 14.9. The van der Waals surface area contributed by atoms with E-state index in [1.165, 1.54) is 11.3 Å². The summed E-state index contributed by atoms with van der Waals surface area (Å²) < 4.78 is 5.44. The fraction of sp³-hybridized carbons (Fsp3) is 0.333. The van der Waals surface area contributed by atoms with Gasteiger partial charge < -0.3 is 14.8 Å². The maximum Gasteiger partial charge on any atom is 0.280 e. The lowest BCUT2D eigenvalue weighted by Gasteiger charge is -2.33. The van der Waals surface area contributed by atoms with E-state index in [-0.39, 0.29) is 23.8 Å². The molecule has 4 rings (SSSR count). The van der Waals surface area contributed by atoms with E-state index in [1.54, 1.807) is 13.1 Å². The third-order valence-corrected chi connectivity index (χ3v) is 5.44. The number of rotatable bonds is 5. The van der Waals surface area contributed by atoms with Crippen LogP contribution < -0.4 is 5.32 Å². The zero-order valence-electron chi connectivity index (χ0n) is 14.1. The predicted octanol–water partition coefficient (Wildman–Crippen LogP) is 2.92. The van der Waals surface area contributed by atoms with Gasteiger partial charge in [-0.1, -0.05) is 30.3 Å². The molecule has 0 bridgehead atoms. The molecule has 1 aliphatic carbocycles. The van der Waals surface area contributed by atoms with Crippen LogP contribution in [0.4, 0.5) is 0 Å². The number of carbonyl (C=O) groups excluding carboxylic acids is 1. The Hall–Kier alpha value is -2.58. The molecule has 1 aliphatic rings. The van der Waals surface area contributed by atoms with Gasteiger partial charge >= 0.3 is 0 Å². The van der Waals surface area contributed by atoms with Gasteiger partial charge in [-0.25, -0.2) is 4.98 Å². The van der Waals surface area contributed by atoms with Crippen molar-refractivity contribution in [2.45, 2.75) is 37.8 Å². The van der Waals surface area contributed by atoms with Crippen LogP contribution in [0.25, 0.3) is 10.4 Å². The number of aromatic nitrogens is 3. The molecule has 1 aromatic carbocycles. The average Bonchev–Trinajstić information content (AvgIpc) is 3.28. The quantitative estimate of drug-likeness (QED) is 0.716. The Morgan fingerprint density at radius 3 is 2.77 bits per heavy atom. The third kappa shape index (κ3) is 3.38. The smallest absolute Gasteiger partial charge is 0.280 e. The second-order valence-corrected chi connectivity index (χ2v) is 7.42. The second-order valence-electron chi connectivity index (χ2n) is 6.39. The van der Waals surface area contributed by atoms with Crippen LogP contribution in [0, 0.1) is 0 Å². The molecule has 0 saturated heterocycles. The summed E-state index contributed by atoms with van der Waals surface area (Å²) in [5.74, 6) is 0.711. The minimum Gasteiger partial charge on any atom is -0.422 e. The van der Waals surface area contributed by atoms with Crippen molar-refractivity contribution in [3.8, 4) is 10.4 Å². The Kier molecular flexibility index (Phi) is 4.52. The first-order chi connectivity index (χ1) is 12.6. The number of thiazole rings is 1. The number of nitrogens with zero attached hydrogens (tertiary/aromatic N) is 3. The Labute approximate surface area is 154 Å². The van der Waals surface area contributed by atoms with E-state index in [1.807, 2.05) is 30.3 Å². The van der Waals surface area contributed by atoms with Crippen molar-refractivity contribution in [3.63, 3.8) is 0 Å². The summed E-state index contributed by atoms with van der Waals surface area (Å²) in [7, 11) is 0. The summed E-state index contributed by atoms with van der Waals surface area (Å²) in [5.41, 5.74) is 1.05. The van der Waals surface area contributed by atoms with Crippen LogP contribution in [0.1, 0.15) is 53.4 Å². The first-order valence-electron chi connectivity index (χ1n) is 8.43. The highest BCUT2D eigenvalue weighted by molar-refractivity contribution is 7.16. The summed E-state index contributed by atoms with van der Waals surface area (Å²) in [5, 5.41) is 20.7. The highest BCUT2D eigenvalue weighted by Crippen LogP contribution is 2.37. The third-order valence-electron chi connectivity index (χ3n) is 4.39. The minimum atomic E-state index is -0.768. The number of hydrogen-bond donors (Lipinski definition) is 2. The molecule has 2 aromatic heterocycles. The van der Waals surface area contributed by atoms with Gasteiger partial charge in [-0.15, -0.1) is 21.5 Å². The number of nitrogens with one attached hydrogen (secondary N) is 1. The van der Waals surface area contributed by atoms with Crippen LogP contribution in [-0.4, -0.2) is 32.2 Å². The number of hydrogen-bond acceptors (Lipinski definition) is 7. The van der Waals surface area contributed by atoms with Crippen molar-refractivity contribution in [2.24, 2.45) is 0 Å². The Bertz CT molecular complexity index is 900. The standard InChI is InChI=1S/C18H18N4O3S/c1-10(23)16-21-22-17(25-16)12-7-13(8-12)20-15(24)18-19-9-14(26-18)11-5-3-2-4-6-11/h2-6,9-10,12-13,23H,7-8H2,1H3,(H,20,24)/t10-,12-,13-/m1/s1. The topological polar surface area (TPSA) is 101 Å². The van der Waals surface area contributed by atoms with E-state index in [9.17, 15) is 9.90 Å². The summed E-state index contributed by atoms with van der Waals surface area (Å²) >= 11 is 1.38. The molecular formula is C18H18N4O3S. The molecule has 8 heteroatoms. The molecule has 0 unspecified atom stereocenters. The lowest BCUT2D eigenvalue weighted by Crippen LogP contribution is -2.43. The van der Waals surface area contributed by atoms with Crippen LogP contribution in [-0.2, 0) is 0 Å². The van der Waals surface area contributed by atoms with E-state index in [4.69, 9.17) is 4.42 Å². The van der Waals surface area contributed by atoms with Crippen molar-refractivity contribution in [1.82, 2.24) is 20.5 Å². The molecule has 0 aliphatic heterocycles. The molecule has 26 heavy (non-hydrogen) atoms. The molecule has 1 atom stereocenters. The number of aliphatic hydroxyl groups is 1. The van der Waals surface area contributed by atoms with Crippen LogP contribution in [0.5, 0.6) is 0 Å². The average molecular weight is 370 g/mol. The molecule has 0 radical (unpaired) electrons. The van der Waals surface area contributed by atoms with Crippen molar-refractivity contribution in [3.05, 3.63) is 53.3 Å². The molecule has 134 valence electrons. The molecule has 2 heterocycles. The van der Waals surface area contributed by atoms with Gasteiger partial charge in [0.05, 0.1) is 4.88 Å². The molecule has 1 saturated carbocycles. The zero-order chi connectivity index (χ0) is 18.1. The van der Waals surface area contributed by atoms with Crippen molar-refractivity contribution >= 4 is 17.2 Å². The van der Waals surface area contributed by atoms with E-state index < -0.39 is 6.10 Å². The molecule has 7 nitrogen and oxygen atoms in total. The Morgan fingerprint density at radius 2 is 2.08 bits per heavy atom. The van der Waals surface area contributed by atoms with Crippen LogP contribution >= 0.6 is 11.3 Å². The number of aliphatic hydroxyl groups excluding tert-OH is 1. The summed E-state index contributed by atoms with van der Waals surface area (Å²) in [4.78, 5) is 17.6. The van der Waals surface area contributed by atoms with Gasteiger partial charge in [0.2, 0.25) is 11.8 Å². The molecule has 1 fully saturated rings. The van der Waals surface area contributed by atoms with E-state index >= 15 is 0 Å².